The highest BCUT2D eigenvalue weighted by Gasteiger charge is 2.17. The molecule has 0 aliphatic heterocycles. The highest BCUT2D eigenvalue weighted by molar-refractivity contribution is 7.98. The summed E-state index contributed by atoms with van der Waals surface area (Å²) in [5.74, 6) is 3.60. The largest absolute Gasteiger partial charge is 0.289 e. The number of aryl methyl sites for hydroxylation is 1. The first kappa shape index (κ1) is 14.2. The van der Waals surface area contributed by atoms with Crippen molar-refractivity contribution in [2.24, 2.45) is 0 Å². The molecule has 0 amide bonds. The van der Waals surface area contributed by atoms with Crippen LogP contribution in [-0.4, -0.2) is 10.3 Å². The number of hydrogen-bond acceptors (Lipinski definition) is 1. The number of aromatic nitrogens is 2. The van der Waals surface area contributed by atoms with E-state index >= 15 is 0 Å². The van der Waals surface area contributed by atoms with E-state index in [1.54, 1.807) is 0 Å². The topological polar surface area (TPSA) is 8.81 Å². The first-order valence-corrected chi connectivity index (χ1v) is 8.24. The van der Waals surface area contributed by atoms with Gasteiger partial charge < -0.3 is 0 Å². The summed E-state index contributed by atoms with van der Waals surface area (Å²) < 4.78 is 4.68. The van der Waals surface area contributed by atoms with Crippen LogP contribution in [0.2, 0.25) is 0 Å². The maximum Gasteiger partial charge on any atom is 0.289 e. The van der Waals surface area contributed by atoms with E-state index in [1.807, 2.05) is 11.8 Å². The molecule has 1 aromatic carbocycles. The molecule has 0 saturated heterocycles. The van der Waals surface area contributed by atoms with Gasteiger partial charge in [0, 0.05) is 0 Å². The van der Waals surface area contributed by atoms with Gasteiger partial charge in [0.2, 0.25) is 0 Å². The van der Waals surface area contributed by atoms with Crippen LogP contribution >= 0.6 is 11.8 Å². The van der Waals surface area contributed by atoms with Gasteiger partial charge in [-0.05, 0) is 31.2 Å². The maximum absolute atomic E-state index is 2.36. The van der Waals surface area contributed by atoms with E-state index in [0.29, 0.717) is 0 Å². The molecule has 102 valence electrons. The third kappa shape index (κ3) is 3.63. The van der Waals surface area contributed by atoms with E-state index in [-0.39, 0.29) is 0 Å². The van der Waals surface area contributed by atoms with E-state index in [0.717, 1.165) is 12.4 Å². The molecule has 0 atom stereocenters. The van der Waals surface area contributed by atoms with Crippen LogP contribution in [0.1, 0.15) is 26.7 Å². The molecule has 0 N–H and O–H groups in total. The lowest BCUT2D eigenvalue weighted by atomic mass is 10.2. The molecule has 2 aromatic rings. The molecule has 0 aliphatic carbocycles. The first-order chi connectivity index (χ1) is 9.36. The Morgan fingerprint density at radius 3 is 2.63 bits per heavy atom. The number of thioether (sulfide) groups is 1. The van der Waals surface area contributed by atoms with Crippen LogP contribution in [0.25, 0.3) is 11.4 Å². The molecular weight excluding hydrogens is 252 g/mol. The van der Waals surface area contributed by atoms with Gasteiger partial charge in [0.05, 0.1) is 12.1 Å². The zero-order chi connectivity index (χ0) is 13.5. The summed E-state index contributed by atoms with van der Waals surface area (Å²) in [4.78, 5) is 0. The summed E-state index contributed by atoms with van der Waals surface area (Å²) in [5.41, 5.74) is 1.30. The fraction of sp³-hybridized carbons (Fsp3) is 0.438. The van der Waals surface area contributed by atoms with Gasteiger partial charge in [0.15, 0.2) is 0 Å². The van der Waals surface area contributed by atoms with Crippen LogP contribution in [-0.2, 0) is 12.4 Å². The third-order valence-electron chi connectivity index (χ3n) is 3.22. The molecule has 0 spiro atoms. The lowest BCUT2D eigenvalue weighted by Gasteiger charge is -2.04. The van der Waals surface area contributed by atoms with Crippen molar-refractivity contribution in [3.63, 3.8) is 0 Å². The summed E-state index contributed by atoms with van der Waals surface area (Å²) in [7, 11) is 0. The number of imidazole rings is 1. The molecule has 1 heterocycles. The molecule has 0 unspecified atom stereocenters. The zero-order valence-electron chi connectivity index (χ0n) is 11.9. The van der Waals surface area contributed by atoms with Gasteiger partial charge in [0.1, 0.15) is 18.3 Å². The average Bonchev–Trinajstić information content (AvgIpc) is 2.87. The van der Waals surface area contributed by atoms with Crippen LogP contribution in [0.4, 0.5) is 0 Å². The second-order valence-corrected chi connectivity index (χ2v) is 5.71. The monoisotopic (exact) mass is 275 g/mol. The standard InChI is InChI=1S/C16H23N2S/c1-3-5-13-19-14-18-12-11-17(4-2)16(18)15-9-7-6-8-10-15/h6-12H,3-5,13-14H2,1-2H3/q+1. The van der Waals surface area contributed by atoms with Crippen molar-refractivity contribution in [3.05, 3.63) is 42.7 Å². The number of hydrogen-bond donors (Lipinski definition) is 0. The summed E-state index contributed by atoms with van der Waals surface area (Å²) in [6, 6.07) is 10.7. The van der Waals surface area contributed by atoms with E-state index in [4.69, 9.17) is 0 Å². The average molecular weight is 275 g/mol. The van der Waals surface area contributed by atoms with Crippen LogP contribution in [0.15, 0.2) is 42.7 Å². The number of rotatable bonds is 7. The second-order valence-electron chi connectivity index (χ2n) is 4.63. The number of nitrogens with zero attached hydrogens (tertiary/aromatic N) is 2. The molecule has 0 aliphatic rings. The lowest BCUT2D eigenvalue weighted by Crippen LogP contribution is -2.33. The molecule has 2 rings (SSSR count). The van der Waals surface area contributed by atoms with Gasteiger partial charge in [0.25, 0.3) is 5.82 Å². The molecule has 0 radical (unpaired) electrons. The Labute approximate surface area is 120 Å². The van der Waals surface area contributed by atoms with Crippen molar-refractivity contribution in [3.8, 4) is 11.4 Å². The number of unbranched alkanes of at least 4 members (excludes halogenated alkanes) is 1. The van der Waals surface area contributed by atoms with Crippen molar-refractivity contribution < 1.29 is 4.57 Å². The predicted molar refractivity (Wildman–Crippen MR) is 83.1 cm³/mol. The molecule has 3 heteroatoms. The van der Waals surface area contributed by atoms with E-state index in [9.17, 15) is 0 Å². The molecule has 1 aromatic heterocycles. The van der Waals surface area contributed by atoms with E-state index in [2.05, 4.69) is 65.7 Å². The molecular formula is C16H23N2S+. The van der Waals surface area contributed by atoms with E-state index in [1.165, 1.54) is 30.0 Å². The van der Waals surface area contributed by atoms with Gasteiger partial charge in [-0.3, -0.25) is 0 Å². The van der Waals surface area contributed by atoms with Gasteiger partial charge in [-0.1, -0.05) is 31.5 Å². The van der Waals surface area contributed by atoms with Gasteiger partial charge in [-0.2, -0.15) is 0 Å². The van der Waals surface area contributed by atoms with Crippen molar-refractivity contribution in [2.75, 3.05) is 5.75 Å². The molecule has 0 saturated carbocycles. The Morgan fingerprint density at radius 2 is 1.95 bits per heavy atom. The smallest absolute Gasteiger partial charge is 0.230 e. The highest BCUT2D eigenvalue weighted by atomic mass is 32.2. The second kappa shape index (κ2) is 7.39. The SMILES string of the molecule is CCCCSC[n+]1ccn(CC)c1-c1ccccc1. The summed E-state index contributed by atoms with van der Waals surface area (Å²) in [6.45, 7) is 5.45. The van der Waals surface area contributed by atoms with Crippen molar-refractivity contribution in [1.29, 1.82) is 0 Å². The molecule has 19 heavy (non-hydrogen) atoms. The fourth-order valence-corrected chi connectivity index (χ4v) is 3.18. The quantitative estimate of drug-likeness (QED) is 0.549. The van der Waals surface area contributed by atoms with Crippen molar-refractivity contribution in [1.82, 2.24) is 4.57 Å². The minimum Gasteiger partial charge on any atom is -0.230 e. The van der Waals surface area contributed by atoms with Gasteiger partial charge in [-0.15, -0.1) is 11.8 Å². The van der Waals surface area contributed by atoms with Gasteiger partial charge in [-0.25, -0.2) is 9.13 Å². The maximum atomic E-state index is 2.36. The Bertz CT molecular complexity index is 491. The Kier molecular flexibility index (Phi) is 5.52. The Balaban J connectivity index is 2.18. The first-order valence-electron chi connectivity index (χ1n) is 7.08. The molecule has 0 fully saturated rings. The Hall–Kier alpha value is -1.22. The zero-order valence-corrected chi connectivity index (χ0v) is 12.7. The summed E-state index contributed by atoms with van der Waals surface area (Å²) in [6.07, 6.45) is 6.97. The minimum absolute atomic E-state index is 1.01. The normalized spacial score (nSPS) is 10.8. The van der Waals surface area contributed by atoms with Crippen LogP contribution in [0, 0.1) is 0 Å². The summed E-state index contributed by atoms with van der Waals surface area (Å²) in [5, 5.41) is 0. The van der Waals surface area contributed by atoms with Crippen LogP contribution in [0.3, 0.4) is 0 Å². The van der Waals surface area contributed by atoms with E-state index < -0.39 is 0 Å². The third-order valence-corrected chi connectivity index (χ3v) is 4.25. The van der Waals surface area contributed by atoms with Crippen molar-refractivity contribution in [2.45, 2.75) is 39.1 Å². The summed E-state index contributed by atoms with van der Waals surface area (Å²) >= 11 is 2.01. The van der Waals surface area contributed by atoms with Gasteiger partial charge >= 0.3 is 0 Å². The number of benzene rings is 1. The minimum atomic E-state index is 1.01. The molecule has 2 nitrogen and oxygen atoms in total. The lowest BCUT2D eigenvalue weighted by molar-refractivity contribution is -0.664. The fourth-order valence-electron chi connectivity index (χ4n) is 2.15. The Morgan fingerprint density at radius 1 is 1.16 bits per heavy atom. The van der Waals surface area contributed by atoms with Crippen molar-refractivity contribution >= 4 is 11.8 Å². The predicted octanol–water partition coefficient (Wildman–Crippen LogP) is 3.95. The highest BCUT2D eigenvalue weighted by Crippen LogP contribution is 2.17. The van der Waals surface area contributed by atoms with Crippen LogP contribution in [0.5, 0.6) is 0 Å². The molecule has 0 bridgehead atoms. The van der Waals surface area contributed by atoms with Crippen LogP contribution < -0.4 is 4.57 Å².